The third-order valence-corrected chi connectivity index (χ3v) is 1.99. The zero-order valence-corrected chi connectivity index (χ0v) is 8.52. The van der Waals surface area contributed by atoms with E-state index in [0.29, 0.717) is 5.17 Å². The van der Waals surface area contributed by atoms with E-state index in [1.165, 1.54) is 12.1 Å². The molecule has 1 saturated heterocycles. The molecule has 0 spiro atoms. The van der Waals surface area contributed by atoms with E-state index in [1.54, 1.807) is 5.59 Å². The van der Waals surface area contributed by atoms with Gasteiger partial charge in [0, 0.05) is 0 Å². The lowest BCUT2D eigenvalue weighted by Crippen LogP contribution is -2.50. The lowest BCUT2D eigenvalue weighted by atomic mass is 10.2. The highest BCUT2D eigenvalue weighted by Gasteiger charge is 2.38. The Kier molecular flexibility index (Phi) is 2.83. The topological polar surface area (TPSA) is 67.9 Å². The molecule has 0 bridgehead atoms. The van der Waals surface area contributed by atoms with E-state index in [-0.39, 0.29) is 0 Å². The maximum absolute atomic E-state index is 12.7. The number of para-hydroxylation sites is 1. The zero-order valence-electron chi connectivity index (χ0n) is 8.52. The summed E-state index contributed by atoms with van der Waals surface area (Å²) in [4.78, 5) is 30.0. The molecular formula is C9H5F3N2O4. The Bertz CT molecular complexity index is 503. The number of nitrogens with zero attached hydrogens (tertiary/aromatic N) is 1. The normalized spacial score (nSPS) is 16.3. The largest absolute Gasteiger partial charge is 0.444 e. The van der Waals surface area contributed by atoms with Crippen LogP contribution in [0.15, 0.2) is 24.3 Å². The van der Waals surface area contributed by atoms with Crippen molar-refractivity contribution in [2.24, 2.45) is 0 Å². The van der Waals surface area contributed by atoms with Gasteiger partial charge in [-0.3, -0.25) is 0 Å². The van der Waals surface area contributed by atoms with E-state index in [2.05, 4.69) is 9.68 Å². The molecule has 1 aliphatic rings. The van der Waals surface area contributed by atoms with Crippen LogP contribution >= 0.6 is 0 Å². The second-order valence-electron chi connectivity index (χ2n) is 3.17. The monoisotopic (exact) mass is 262 g/mol. The molecule has 1 heterocycles. The summed E-state index contributed by atoms with van der Waals surface area (Å²) in [7, 11) is 0. The highest BCUT2D eigenvalue weighted by Crippen LogP contribution is 2.36. The Labute approximate surface area is 97.8 Å². The smallest absolute Gasteiger partial charge is 0.338 e. The summed E-state index contributed by atoms with van der Waals surface area (Å²) in [6.45, 7) is 0. The Hall–Kier alpha value is -2.29. The van der Waals surface area contributed by atoms with Gasteiger partial charge in [0.25, 0.3) is 0 Å². The van der Waals surface area contributed by atoms with Gasteiger partial charge in [0.05, 0.1) is 5.56 Å². The van der Waals surface area contributed by atoms with Crippen LogP contribution in [0.25, 0.3) is 0 Å². The number of alkyl halides is 3. The van der Waals surface area contributed by atoms with Gasteiger partial charge in [0.2, 0.25) is 0 Å². The van der Waals surface area contributed by atoms with Crippen LogP contribution in [-0.4, -0.2) is 11.9 Å². The summed E-state index contributed by atoms with van der Waals surface area (Å²) in [5.41, 5.74) is 0.208. The number of halogens is 3. The molecule has 0 saturated carbocycles. The number of anilines is 1. The summed E-state index contributed by atoms with van der Waals surface area (Å²) in [5, 5.41) is 0.326. The molecule has 18 heavy (non-hydrogen) atoms. The second-order valence-corrected chi connectivity index (χ2v) is 3.17. The molecule has 96 valence electrons. The van der Waals surface area contributed by atoms with Crippen molar-refractivity contribution in [3.05, 3.63) is 29.8 Å². The van der Waals surface area contributed by atoms with E-state index < -0.39 is 29.4 Å². The molecule has 0 atom stereocenters. The van der Waals surface area contributed by atoms with Crippen LogP contribution in [0.5, 0.6) is 0 Å². The van der Waals surface area contributed by atoms with Crippen molar-refractivity contribution in [2.45, 2.75) is 6.18 Å². The summed E-state index contributed by atoms with van der Waals surface area (Å²) < 4.78 is 38.0. The zero-order chi connectivity index (χ0) is 13.3. The molecule has 6 nitrogen and oxygen atoms in total. The van der Waals surface area contributed by atoms with E-state index in [9.17, 15) is 22.8 Å². The Morgan fingerprint density at radius 1 is 1.11 bits per heavy atom. The van der Waals surface area contributed by atoms with Gasteiger partial charge in [-0.25, -0.2) is 9.59 Å². The molecule has 0 radical (unpaired) electrons. The van der Waals surface area contributed by atoms with E-state index in [1.807, 2.05) is 0 Å². The number of nitrogens with one attached hydrogen (secondary N) is 1. The van der Waals surface area contributed by atoms with Crippen LogP contribution in [0.3, 0.4) is 0 Å². The molecule has 0 aliphatic carbocycles. The van der Waals surface area contributed by atoms with Crippen molar-refractivity contribution in [1.82, 2.24) is 5.59 Å². The minimum Gasteiger partial charge on any atom is -0.338 e. The second kappa shape index (κ2) is 4.18. The number of rotatable bonds is 1. The van der Waals surface area contributed by atoms with E-state index >= 15 is 0 Å². The van der Waals surface area contributed by atoms with Crippen LogP contribution < -0.4 is 10.8 Å². The van der Waals surface area contributed by atoms with Gasteiger partial charge in [-0.15, -0.1) is 5.17 Å². The molecule has 1 aromatic rings. The fourth-order valence-corrected chi connectivity index (χ4v) is 1.25. The van der Waals surface area contributed by atoms with Gasteiger partial charge in [-0.1, -0.05) is 12.1 Å². The SMILES string of the molecule is O=C1ONN(c2ccccc2C(F)(F)F)OC1=O. The number of hydrogen-bond donors (Lipinski definition) is 1. The summed E-state index contributed by atoms with van der Waals surface area (Å²) >= 11 is 0. The highest BCUT2D eigenvalue weighted by molar-refractivity contribution is 6.30. The number of hydrogen-bond acceptors (Lipinski definition) is 6. The highest BCUT2D eigenvalue weighted by atomic mass is 19.4. The van der Waals surface area contributed by atoms with Crippen molar-refractivity contribution in [3.63, 3.8) is 0 Å². The summed E-state index contributed by atoms with van der Waals surface area (Å²) in [6.07, 6.45) is -4.65. The van der Waals surface area contributed by atoms with Gasteiger partial charge < -0.3 is 9.68 Å². The molecule has 1 fully saturated rings. The maximum Gasteiger partial charge on any atom is 0.444 e. The molecule has 1 N–H and O–H groups in total. The van der Waals surface area contributed by atoms with Crippen molar-refractivity contribution >= 4 is 17.6 Å². The summed E-state index contributed by atoms with van der Waals surface area (Å²) in [6, 6.07) is 4.31. The lowest BCUT2D eigenvalue weighted by molar-refractivity contribution is -0.192. The fourth-order valence-electron chi connectivity index (χ4n) is 1.25. The molecular weight excluding hydrogens is 257 g/mol. The van der Waals surface area contributed by atoms with Gasteiger partial charge in [-0.05, 0) is 17.7 Å². The lowest BCUT2D eigenvalue weighted by Gasteiger charge is -2.27. The molecule has 2 rings (SSSR count). The van der Waals surface area contributed by atoms with E-state index in [0.717, 1.165) is 12.1 Å². The quantitative estimate of drug-likeness (QED) is 0.760. The fraction of sp³-hybridized carbons (Fsp3) is 0.111. The van der Waals surface area contributed by atoms with Gasteiger partial charge >= 0.3 is 18.1 Å². The number of carbonyl (C=O) groups is 2. The Morgan fingerprint density at radius 3 is 2.39 bits per heavy atom. The van der Waals surface area contributed by atoms with Crippen molar-refractivity contribution in [2.75, 3.05) is 5.17 Å². The Balaban J connectivity index is 2.34. The minimum atomic E-state index is -4.65. The van der Waals surface area contributed by atoms with Crippen LogP contribution in [0.2, 0.25) is 0 Å². The first-order chi connectivity index (χ1) is 8.39. The average molecular weight is 262 g/mol. The minimum absolute atomic E-state index is 0.326. The molecule has 0 aromatic heterocycles. The first-order valence-corrected chi connectivity index (χ1v) is 4.54. The third-order valence-electron chi connectivity index (χ3n) is 1.99. The number of benzene rings is 1. The summed E-state index contributed by atoms with van der Waals surface area (Å²) in [5.74, 6) is -2.78. The average Bonchev–Trinajstić information content (AvgIpc) is 2.32. The van der Waals surface area contributed by atoms with E-state index in [4.69, 9.17) is 0 Å². The first-order valence-electron chi connectivity index (χ1n) is 4.54. The van der Waals surface area contributed by atoms with Crippen molar-refractivity contribution < 1.29 is 32.4 Å². The van der Waals surface area contributed by atoms with Crippen molar-refractivity contribution in [1.29, 1.82) is 0 Å². The predicted molar refractivity (Wildman–Crippen MR) is 49.2 cm³/mol. The molecule has 1 aromatic carbocycles. The maximum atomic E-state index is 12.7. The van der Waals surface area contributed by atoms with Crippen LogP contribution in [0.1, 0.15) is 5.56 Å². The van der Waals surface area contributed by atoms with Crippen LogP contribution in [0, 0.1) is 0 Å². The number of hydrazine groups is 1. The first kappa shape index (κ1) is 12.2. The molecule has 0 amide bonds. The molecule has 0 unspecified atom stereocenters. The van der Waals surface area contributed by atoms with Crippen LogP contribution in [-0.2, 0) is 25.4 Å². The standard InChI is InChI=1S/C9H5F3N2O4/c10-9(11,12)5-3-1-2-4-6(5)14-13-17-7(15)8(16)18-14/h1-4,13H. The van der Waals surface area contributed by atoms with Crippen LogP contribution in [0.4, 0.5) is 18.9 Å². The molecule has 9 heteroatoms. The molecule has 1 aliphatic heterocycles. The predicted octanol–water partition coefficient (Wildman–Crippen LogP) is 0.946. The van der Waals surface area contributed by atoms with Gasteiger partial charge in [-0.2, -0.15) is 13.2 Å². The van der Waals surface area contributed by atoms with Crippen molar-refractivity contribution in [3.8, 4) is 0 Å². The third kappa shape index (κ3) is 2.20. The van der Waals surface area contributed by atoms with Gasteiger partial charge in [0.1, 0.15) is 5.69 Å². The Morgan fingerprint density at radius 2 is 1.78 bits per heavy atom. The van der Waals surface area contributed by atoms with Gasteiger partial charge in [0.15, 0.2) is 0 Å². The number of carbonyl (C=O) groups excluding carboxylic acids is 2.